The van der Waals surface area contributed by atoms with E-state index in [0.717, 1.165) is 31.7 Å². The summed E-state index contributed by atoms with van der Waals surface area (Å²) in [5, 5.41) is 0. The average Bonchev–Trinajstić information content (AvgIpc) is 2.60. The Hall–Kier alpha value is -0.870. The lowest BCUT2D eigenvalue weighted by Gasteiger charge is -2.19. The molecular formula is C10H17N3O. The number of nitrogens with zero attached hydrogens (tertiary/aromatic N) is 2. The highest BCUT2D eigenvalue weighted by Gasteiger charge is 2.21. The maximum absolute atomic E-state index is 5.98. The highest BCUT2D eigenvalue weighted by molar-refractivity contribution is 5.20. The summed E-state index contributed by atoms with van der Waals surface area (Å²) < 4.78 is 7.22. The summed E-state index contributed by atoms with van der Waals surface area (Å²) in [5.74, 6) is 0. The van der Waals surface area contributed by atoms with Crippen molar-refractivity contribution in [2.75, 3.05) is 13.7 Å². The predicted molar refractivity (Wildman–Crippen MR) is 54.0 cm³/mol. The van der Waals surface area contributed by atoms with Crippen molar-refractivity contribution in [1.29, 1.82) is 0 Å². The Morgan fingerprint density at radius 2 is 2.57 bits per heavy atom. The summed E-state index contributed by atoms with van der Waals surface area (Å²) in [6, 6.07) is 0.141. The van der Waals surface area contributed by atoms with Gasteiger partial charge in [0.05, 0.1) is 18.6 Å². The van der Waals surface area contributed by atoms with Gasteiger partial charge in [-0.15, -0.1) is 0 Å². The molecule has 1 aromatic heterocycles. The molecule has 1 atom stereocenters. The van der Waals surface area contributed by atoms with Crippen LogP contribution >= 0.6 is 0 Å². The molecule has 1 aliphatic rings. The van der Waals surface area contributed by atoms with Gasteiger partial charge in [-0.1, -0.05) is 0 Å². The van der Waals surface area contributed by atoms with E-state index in [1.807, 2.05) is 6.33 Å². The van der Waals surface area contributed by atoms with Gasteiger partial charge in [0.2, 0.25) is 0 Å². The molecule has 1 aliphatic carbocycles. The summed E-state index contributed by atoms with van der Waals surface area (Å²) >= 11 is 0. The smallest absolute Gasteiger partial charge is 0.0953 e. The first-order valence-electron chi connectivity index (χ1n) is 5.11. The number of aromatic nitrogens is 2. The summed E-state index contributed by atoms with van der Waals surface area (Å²) in [6.07, 6.45) is 5.22. The van der Waals surface area contributed by atoms with E-state index < -0.39 is 0 Å². The fraction of sp³-hybridized carbons (Fsp3) is 0.700. The SMILES string of the molecule is COCCn1cnc2c1CCCC2N. The van der Waals surface area contributed by atoms with Crippen molar-refractivity contribution in [3.63, 3.8) is 0 Å². The van der Waals surface area contributed by atoms with Gasteiger partial charge in [0.15, 0.2) is 0 Å². The summed E-state index contributed by atoms with van der Waals surface area (Å²) in [7, 11) is 1.72. The van der Waals surface area contributed by atoms with Crippen molar-refractivity contribution < 1.29 is 4.74 Å². The Kier molecular flexibility index (Phi) is 2.84. The van der Waals surface area contributed by atoms with Gasteiger partial charge in [0.1, 0.15) is 0 Å². The standard InChI is InChI=1S/C10H17N3O/c1-14-6-5-13-7-12-10-8(11)3-2-4-9(10)13/h7-8H,2-6,11H2,1H3. The Balaban J connectivity index is 2.18. The predicted octanol–water partition coefficient (Wildman–Crippen LogP) is 0.866. The molecule has 4 nitrogen and oxygen atoms in total. The van der Waals surface area contributed by atoms with E-state index >= 15 is 0 Å². The van der Waals surface area contributed by atoms with Crippen LogP contribution in [0.3, 0.4) is 0 Å². The molecule has 2 N–H and O–H groups in total. The van der Waals surface area contributed by atoms with Crippen LogP contribution in [0.1, 0.15) is 30.3 Å². The molecule has 0 aromatic carbocycles. The molecule has 2 rings (SSSR count). The van der Waals surface area contributed by atoms with Gasteiger partial charge in [-0.3, -0.25) is 0 Å². The van der Waals surface area contributed by atoms with Crippen molar-refractivity contribution in [3.05, 3.63) is 17.7 Å². The molecule has 0 saturated heterocycles. The van der Waals surface area contributed by atoms with E-state index in [1.54, 1.807) is 7.11 Å². The van der Waals surface area contributed by atoms with E-state index in [9.17, 15) is 0 Å². The molecule has 0 aliphatic heterocycles. The molecule has 0 fully saturated rings. The Labute approximate surface area is 84.1 Å². The van der Waals surface area contributed by atoms with Crippen LogP contribution in [0.25, 0.3) is 0 Å². The zero-order valence-electron chi connectivity index (χ0n) is 8.57. The van der Waals surface area contributed by atoms with Crippen LogP contribution in [0.15, 0.2) is 6.33 Å². The minimum absolute atomic E-state index is 0.141. The maximum atomic E-state index is 5.98. The molecule has 1 unspecified atom stereocenters. The van der Waals surface area contributed by atoms with E-state index in [-0.39, 0.29) is 6.04 Å². The molecule has 4 heteroatoms. The molecular weight excluding hydrogens is 178 g/mol. The van der Waals surface area contributed by atoms with Gasteiger partial charge >= 0.3 is 0 Å². The lowest BCUT2D eigenvalue weighted by molar-refractivity contribution is 0.186. The summed E-state index contributed by atoms with van der Waals surface area (Å²) in [6.45, 7) is 1.61. The second kappa shape index (κ2) is 4.11. The number of rotatable bonds is 3. The molecule has 78 valence electrons. The van der Waals surface area contributed by atoms with Gasteiger partial charge < -0.3 is 15.0 Å². The first-order valence-corrected chi connectivity index (χ1v) is 5.11. The molecule has 0 spiro atoms. The van der Waals surface area contributed by atoms with E-state index in [1.165, 1.54) is 12.1 Å². The Morgan fingerprint density at radius 1 is 1.71 bits per heavy atom. The average molecular weight is 195 g/mol. The van der Waals surface area contributed by atoms with Crippen LogP contribution in [0, 0.1) is 0 Å². The fourth-order valence-corrected chi connectivity index (χ4v) is 2.01. The van der Waals surface area contributed by atoms with Gasteiger partial charge in [0, 0.05) is 25.4 Å². The number of hydrogen-bond acceptors (Lipinski definition) is 3. The molecule has 0 radical (unpaired) electrons. The number of imidazole rings is 1. The van der Waals surface area contributed by atoms with E-state index in [4.69, 9.17) is 10.5 Å². The number of methoxy groups -OCH3 is 1. The third-order valence-electron chi connectivity index (χ3n) is 2.79. The van der Waals surface area contributed by atoms with Crippen molar-refractivity contribution in [2.24, 2.45) is 5.73 Å². The van der Waals surface area contributed by atoms with Gasteiger partial charge in [0.25, 0.3) is 0 Å². The minimum Gasteiger partial charge on any atom is -0.383 e. The topological polar surface area (TPSA) is 53.1 Å². The summed E-state index contributed by atoms with van der Waals surface area (Å²) in [4.78, 5) is 4.37. The van der Waals surface area contributed by atoms with Crippen molar-refractivity contribution >= 4 is 0 Å². The van der Waals surface area contributed by atoms with Crippen LogP contribution in [0.5, 0.6) is 0 Å². The third-order valence-corrected chi connectivity index (χ3v) is 2.79. The molecule has 1 aromatic rings. The van der Waals surface area contributed by atoms with Gasteiger partial charge in [-0.25, -0.2) is 4.98 Å². The molecule has 0 bridgehead atoms. The summed E-state index contributed by atoms with van der Waals surface area (Å²) in [5.41, 5.74) is 8.38. The van der Waals surface area contributed by atoms with Gasteiger partial charge in [-0.2, -0.15) is 0 Å². The monoisotopic (exact) mass is 195 g/mol. The second-order valence-corrected chi connectivity index (χ2v) is 3.76. The van der Waals surface area contributed by atoms with Crippen molar-refractivity contribution in [3.8, 4) is 0 Å². The molecule has 14 heavy (non-hydrogen) atoms. The highest BCUT2D eigenvalue weighted by atomic mass is 16.5. The third kappa shape index (κ3) is 1.67. The van der Waals surface area contributed by atoms with Crippen molar-refractivity contribution in [1.82, 2.24) is 9.55 Å². The highest BCUT2D eigenvalue weighted by Crippen LogP contribution is 2.26. The largest absolute Gasteiger partial charge is 0.383 e. The Morgan fingerprint density at radius 3 is 3.36 bits per heavy atom. The zero-order chi connectivity index (χ0) is 9.97. The van der Waals surface area contributed by atoms with E-state index in [0.29, 0.717) is 0 Å². The normalized spacial score (nSPS) is 20.9. The maximum Gasteiger partial charge on any atom is 0.0953 e. The molecule has 1 heterocycles. The number of nitrogens with two attached hydrogens (primary N) is 1. The van der Waals surface area contributed by atoms with Crippen LogP contribution in [-0.2, 0) is 17.7 Å². The lowest BCUT2D eigenvalue weighted by Crippen LogP contribution is -2.19. The number of ether oxygens (including phenoxy) is 1. The van der Waals surface area contributed by atoms with Crippen LogP contribution in [0.4, 0.5) is 0 Å². The fourth-order valence-electron chi connectivity index (χ4n) is 2.01. The number of hydrogen-bond donors (Lipinski definition) is 1. The minimum atomic E-state index is 0.141. The molecule has 0 saturated carbocycles. The first kappa shape index (κ1) is 9.68. The van der Waals surface area contributed by atoms with Gasteiger partial charge in [-0.05, 0) is 19.3 Å². The quantitative estimate of drug-likeness (QED) is 0.778. The second-order valence-electron chi connectivity index (χ2n) is 3.76. The van der Waals surface area contributed by atoms with Crippen LogP contribution < -0.4 is 5.73 Å². The Bertz CT molecular complexity index is 308. The van der Waals surface area contributed by atoms with Crippen LogP contribution in [-0.4, -0.2) is 23.3 Å². The first-order chi connectivity index (χ1) is 6.83. The van der Waals surface area contributed by atoms with Crippen molar-refractivity contribution in [2.45, 2.75) is 31.8 Å². The zero-order valence-corrected chi connectivity index (χ0v) is 8.57. The number of fused-ring (bicyclic) bond motifs is 1. The molecule has 0 amide bonds. The van der Waals surface area contributed by atoms with E-state index in [2.05, 4.69) is 9.55 Å². The van der Waals surface area contributed by atoms with Crippen LogP contribution in [0.2, 0.25) is 0 Å². The lowest BCUT2D eigenvalue weighted by atomic mass is 9.97.